The minimum absolute atomic E-state index is 0.0775. The van der Waals surface area contributed by atoms with Gasteiger partial charge in [0.05, 0.1) is 12.1 Å². The second-order valence-electron chi connectivity index (χ2n) is 7.20. The molecule has 0 radical (unpaired) electrons. The van der Waals surface area contributed by atoms with E-state index in [1.807, 2.05) is 20.8 Å². The molecule has 1 aromatic carbocycles. The maximum absolute atomic E-state index is 12.7. The minimum Gasteiger partial charge on any atom is -0.490 e. The molecule has 0 fully saturated rings. The first-order valence-corrected chi connectivity index (χ1v) is 8.29. The van der Waals surface area contributed by atoms with Crippen LogP contribution in [0.5, 0.6) is 5.75 Å². The Morgan fingerprint density at radius 3 is 2.58 bits per heavy atom. The number of carboxylic acids is 1. The van der Waals surface area contributed by atoms with E-state index in [9.17, 15) is 14.7 Å². The molecule has 0 bridgehead atoms. The van der Waals surface area contributed by atoms with Crippen molar-refractivity contribution in [3.05, 3.63) is 42.5 Å². The fourth-order valence-corrected chi connectivity index (χ4v) is 2.53. The van der Waals surface area contributed by atoms with Gasteiger partial charge in [-0.3, -0.25) is 9.59 Å². The van der Waals surface area contributed by atoms with E-state index < -0.39 is 29.4 Å². The van der Waals surface area contributed by atoms with Crippen molar-refractivity contribution in [3.63, 3.8) is 0 Å². The Kier molecular flexibility index (Phi) is 5.69. The lowest BCUT2D eigenvalue weighted by molar-refractivity contribution is -0.157. The molecule has 7 heteroatoms. The lowest BCUT2D eigenvalue weighted by Gasteiger charge is -2.29. The molecule has 26 heavy (non-hydrogen) atoms. The number of nitrogens with zero attached hydrogens (tertiary/aromatic N) is 1. The number of benzene rings is 1. The fraction of sp³-hybridized carbons (Fsp3) is 0.421. The van der Waals surface area contributed by atoms with Crippen LogP contribution in [0.1, 0.15) is 39.2 Å². The number of carboxylic acid groups (broad SMARTS) is 1. The first kappa shape index (κ1) is 19.5. The Morgan fingerprint density at radius 2 is 2.04 bits per heavy atom. The monoisotopic (exact) mass is 360 g/mol. The number of nitrogens with one attached hydrogen (secondary N) is 1. The summed E-state index contributed by atoms with van der Waals surface area (Å²) in [5.41, 5.74) is -0.803. The molecule has 1 amide bonds. The van der Waals surface area contributed by atoms with Gasteiger partial charge in [-0.2, -0.15) is 0 Å². The van der Waals surface area contributed by atoms with Crippen LogP contribution >= 0.6 is 0 Å². The third kappa shape index (κ3) is 4.84. The summed E-state index contributed by atoms with van der Waals surface area (Å²) < 4.78 is 5.43. The summed E-state index contributed by atoms with van der Waals surface area (Å²) in [5, 5.41) is 16.0. The highest BCUT2D eigenvalue weighted by atomic mass is 16.7. The molecule has 2 rings (SSSR count). The van der Waals surface area contributed by atoms with Crippen molar-refractivity contribution in [1.82, 2.24) is 5.32 Å². The molecule has 1 heterocycles. The fourth-order valence-electron chi connectivity index (χ4n) is 2.53. The zero-order chi connectivity index (χ0) is 19.4. The first-order valence-electron chi connectivity index (χ1n) is 8.29. The number of ether oxygens (including phenoxy) is 1. The standard InChI is InChI=1S/C19H24N2O5/c1-5-10-25-14-8-6-13(7-9-14)15-11-19(26-21-15,12-16(22)23)17(24)20-18(2,3)4/h5-9H,1,10-12H2,2-4H3,(H,20,24)(H,22,23). The Labute approximate surface area is 152 Å². The van der Waals surface area contributed by atoms with Crippen LogP contribution in [-0.4, -0.2) is 40.4 Å². The summed E-state index contributed by atoms with van der Waals surface area (Å²) in [5.74, 6) is -0.939. The predicted octanol–water partition coefficient (Wildman–Crippen LogP) is 2.50. The van der Waals surface area contributed by atoms with Crippen LogP contribution in [0.3, 0.4) is 0 Å². The average Bonchev–Trinajstić information content (AvgIpc) is 2.96. The van der Waals surface area contributed by atoms with E-state index in [4.69, 9.17) is 9.57 Å². The van der Waals surface area contributed by atoms with Gasteiger partial charge in [0.15, 0.2) is 0 Å². The summed E-state index contributed by atoms with van der Waals surface area (Å²) >= 11 is 0. The molecule has 0 aliphatic carbocycles. The van der Waals surface area contributed by atoms with E-state index in [-0.39, 0.29) is 6.42 Å². The van der Waals surface area contributed by atoms with E-state index in [0.717, 1.165) is 5.56 Å². The van der Waals surface area contributed by atoms with Gasteiger partial charge in [0, 0.05) is 12.0 Å². The molecule has 1 unspecified atom stereocenters. The second-order valence-corrected chi connectivity index (χ2v) is 7.20. The van der Waals surface area contributed by atoms with E-state index in [2.05, 4.69) is 17.1 Å². The van der Waals surface area contributed by atoms with Crippen LogP contribution in [0.25, 0.3) is 0 Å². The summed E-state index contributed by atoms with van der Waals surface area (Å²) in [6.07, 6.45) is 1.26. The molecule has 0 aromatic heterocycles. The van der Waals surface area contributed by atoms with E-state index in [0.29, 0.717) is 18.1 Å². The molecule has 7 nitrogen and oxygen atoms in total. The Balaban J connectivity index is 2.17. The predicted molar refractivity (Wildman–Crippen MR) is 97.3 cm³/mol. The second kappa shape index (κ2) is 7.59. The molecule has 1 aliphatic heterocycles. The molecule has 1 aromatic rings. The zero-order valence-corrected chi connectivity index (χ0v) is 15.2. The Morgan fingerprint density at radius 1 is 1.38 bits per heavy atom. The third-order valence-electron chi connectivity index (χ3n) is 3.68. The number of rotatable bonds is 7. The normalized spacial score (nSPS) is 19.3. The number of aliphatic carboxylic acids is 1. The molecule has 0 saturated carbocycles. The van der Waals surface area contributed by atoms with Crippen molar-refractivity contribution in [2.24, 2.45) is 5.16 Å². The number of hydrogen-bond acceptors (Lipinski definition) is 5. The molecule has 0 saturated heterocycles. The molecule has 2 N–H and O–H groups in total. The highest BCUT2D eigenvalue weighted by Crippen LogP contribution is 2.31. The lowest BCUT2D eigenvalue weighted by atomic mass is 9.89. The van der Waals surface area contributed by atoms with Crippen LogP contribution in [0.15, 0.2) is 42.1 Å². The maximum Gasteiger partial charge on any atom is 0.308 e. The number of carbonyl (C=O) groups excluding carboxylic acids is 1. The Bertz CT molecular complexity index is 718. The third-order valence-corrected chi connectivity index (χ3v) is 3.68. The van der Waals surface area contributed by atoms with Crippen LogP contribution in [0, 0.1) is 0 Å². The van der Waals surface area contributed by atoms with Crippen molar-refractivity contribution in [1.29, 1.82) is 0 Å². The number of carbonyl (C=O) groups is 2. The number of amides is 1. The van der Waals surface area contributed by atoms with Crippen LogP contribution in [-0.2, 0) is 14.4 Å². The molecular formula is C19H24N2O5. The quantitative estimate of drug-likeness (QED) is 0.728. The zero-order valence-electron chi connectivity index (χ0n) is 15.2. The SMILES string of the molecule is C=CCOc1ccc(C2=NOC(CC(=O)O)(C(=O)NC(C)(C)C)C2)cc1. The van der Waals surface area contributed by atoms with Crippen molar-refractivity contribution in [2.45, 2.75) is 44.8 Å². The van der Waals surface area contributed by atoms with Crippen molar-refractivity contribution in [2.75, 3.05) is 6.61 Å². The number of oxime groups is 1. The van der Waals surface area contributed by atoms with Gasteiger partial charge in [0.1, 0.15) is 12.4 Å². The van der Waals surface area contributed by atoms with Crippen LogP contribution in [0.2, 0.25) is 0 Å². The number of hydrogen-bond donors (Lipinski definition) is 2. The topological polar surface area (TPSA) is 97.2 Å². The van der Waals surface area contributed by atoms with Crippen LogP contribution in [0.4, 0.5) is 0 Å². The smallest absolute Gasteiger partial charge is 0.308 e. The van der Waals surface area contributed by atoms with Crippen molar-refractivity contribution >= 4 is 17.6 Å². The van der Waals surface area contributed by atoms with Crippen LogP contribution < -0.4 is 10.1 Å². The van der Waals surface area contributed by atoms with Gasteiger partial charge in [-0.1, -0.05) is 17.8 Å². The summed E-state index contributed by atoms with van der Waals surface area (Å²) in [6, 6.07) is 7.12. The van der Waals surface area contributed by atoms with E-state index in [1.165, 1.54) is 0 Å². The highest BCUT2D eigenvalue weighted by Gasteiger charge is 2.49. The molecular weight excluding hydrogens is 336 g/mol. The molecule has 140 valence electrons. The minimum atomic E-state index is -1.55. The Hall–Kier alpha value is -2.83. The summed E-state index contributed by atoms with van der Waals surface area (Å²) in [6.45, 7) is 9.44. The van der Waals surface area contributed by atoms with Crippen molar-refractivity contribution in [3.8, 4) is 5.75 Å². The van der Waals surface area contributed by atoms with Crippen molar-refractivity contribution < 1.29 is 24.3 Å². The summed E-state index contributed by atoms with van der Waals surface area (Å²) in [4.78, 5) is 29.3. The van der Waals surface area contributed by atoms with Gasteiger partial charge in [-0.05, 0) is 50.6 Å². The summed E-state index contributed by atoms with van der Waals surface area (Å²) in [7, 11) is 0. The van der Waals surface area contributed by atoms with E-state index >= 15 is 0 Å². The largest absolute Gasteiger partial charge is 0.490 e. The van der Waals surface area contributed by atoms with Gasteiger partial charge in [0.2, 0.25) is 5.60 Å². The maximum atomic E-state index is 12.7. The van der Waals surface area contributed by atoms with Gasteiger partial charge >= 0.3 is 5.97 Å². The van der Waals surface area contributed by atoms with Gasteiger partial charge in [0.25, 0.3) is 5.91 Å². The first-order chi connectivity index (χ1) is 12.1. The van der Waals surface area contributed by atoms with Gasteiger partial charge < -0.3 is 20.0 Å². The average molecular weight is 360 g/mol. The van der Waals surface area contributed by atoms with E-state index in [1.54, 1.807) is 30.3 Å². The highest BCUT2D eigenvalue weighted by molar-refractivity contribution is 6.06. The lowest BCUT2D eigenvalue weighted by Crippen LogP contribution is -2.54. The molecule has 1 atom stereocenters. The molecule has 0 spiro atoms. The van der Waals surface area contributed by atoms with Gasteiger partial charge in [-0.15, -0.1) is 0 Å². The van der Waals surface area contributed by atoms with Gasteiger partial charge in [-0.25, -0.2) is 0 Å². The molecule has 1 aliphatic rings.